The number of carbonyl (C=O) groups is 1. The lowest BCUT2D eigenvalue weighted by Crippen LogP contribution is -2.35. The molecule has 6 heteroatoms. The van der Waals surface area contributed by atoms with Gasteiger partial charge in [-0.1, -0.05) is 30.3 Å². The molecule has 29 heavy (non-hydrogen) atoms. The Morgan fingerprint density at radius 2 is 1.55 bits per heavy atom. The number of rotatable bonds is 7. The number of carbonyl (C=O) groups excluding carboxylic acids is 1. The Kier molecular flexibility index (Phi) is 6.64. The summed E-state index contributed by atoms with van der Waals surface area (Å²) in [4.78, 5) is 14.6. The Labute approximate surface area is 171 Å². The fourth-order valence-electron chi connectivity index (χ4n) is 3.57. The monoisotopic (exact) mass is 396 g/mol. The van der Waals surface area contributed by atoms with E-state index in [1.165, 1.54) is 5.56 Å². The van der Waals surface area contributed by atoms with Crippen molar-refractivity contribution >= 4 is 5.91 Å². The van der Waals surface area contributed by atoms with Crippen LogP contribution in [-0.4, -0.2) is 50.3 Å². The minimum absolute atomic E-state index is 0.0530. The van der Waals surface area contributed by atoms with E-state index in [9.17, 15) is 4.79 Å². The van der Waals surface area contributed by atoms with Crippen LogP contribution in [0, 0.1) is 0 Å². The highest BCUT2D eigenvalue weighted by Gasteiger charge is 2.13. The van der Waals surface area contributed by atoms with Gasteiger partial charge in [0.1, 0.15) is 13.2 Å². The number of nitrogens with zero attached hydrogens (tertiary/aromatic N) is 1. The largest absolute Gasteiger partial charge is 0.486 e. The molecule has 2 aromatic carbocycles. The average Bonchev–Trinajstić information content (AvgIpc) is 2.78. The first kappa shape index (κ1) is 19.7. The molecule has 0 saturated carbocycles. The first-order chi connectivity index (χ1) is 14.3. The van der Waals surface area contributed by atoms with Crippen molar-refractivity contribution in [2.75, 3.05) is 39.5 Å². The summed E-state index contributed by atoms with van der Waals surface area (Å²) < 4.78 is 16.5. The minimum atomic E-state index is 0.0530. The van der Waals surface area contributed by atoms with Crippen LogP contribution in [0.15, 0.2) is 42.5 Å². The van der Waals surface area contributed by atoms with Gasteiger partial charge in [-0.15, -0.1) is 0 Å². The Balaban J connectivity index is 1.20. The van der Waals surface area contributed by atoms with Crippen molar-refractivity contribution in [1.82, 2.24) is 10.2 Å². The zero-order valence-corrected chi connectivity index (χ0v) is 16.7. The third-order valence-corrected chi connectivity index (χ3v) is 5.27. The van der Waals surface area contributed by atoms with E-state index in [1.807, 2.05) is 18.2 Å². The molecule has 1 saturated heterocycles. The smallest absolute Gasteiger partial charge is 0.220 e. The molecule has 1 N–H and O–H groups in total. The number of morpholine rings is 1. The van der Waals surface area contributed by atoms with Crippen LogP contribution in [-0.2, 0) is 29.0 Å². The molecule has 0 spiro atoms. The van der Waals surface area contributed by atoms with Crippen molar-refractivity contribution in [3.63, 3.8) is 0 Å². The summed E-state index contributed by atoms with van der Waals surface area (Å²) in [7, 11) is 0. The van der Waals surface area contributed by atoms with Gasteiger partial charge < -0.3 is 19.5 Å². The number of aryl methyl sites for hydroxylation is 1. The number of amides is 1. The van der Waals surface area contributed by atoms with Crippen molar-refractivity contribution in [3.05, 3.63) is 59.2 Å². The predicted octanol–water partition coefficient (Wildman–Crippen LogP) is 2.54. The van der Waals surface area contributed by atoms with Crippen LogP contribution in [0.2, 0.25) is 0 Å². The normalized spacial score (nSPS) is 16.4. The number of fused-ring (bicyclic) bond motifs is 1. The number of nitrogens with one attached hydrogen (secondary N) is 1. The second-order valence-electron chi connectivity index (χ2n) is 7.46. The van der Waals surface area contributed by atoms with E-state index in [2.05, 4.69) is 34.5 Å². The van der Waals surface area contributed by atoms with E-state index < -0.39 is 0 Å². The molecule has 4 rings (SSSR count). The highest BCUT2D eigenvalue weighted by atomic mass is 16.6. The number of ether oxygens (including phenoxy) is 3. The van der Waals surface area contributed by atoms with Gasteiger partial charge in [-0.05, 0) is 35.2 Å². The van der Waals surface area contributed by atoms with Crippen LogP contribution in [0.3, 0.4) is 0 Å². The molecule has 0 bridgehead atoms. The van der Waals surface area contributed by atoms with Gasteiger partial charge >= 0.3 is 0 Å². The van der Waals surface area contributed by atoms with Crippen LogP contribution in [0.4, 0.5) is 0 Å². The summed E-state index contributed by atoms with van der Waals surface area (Å²) in [5, 5.41) is 3.01. The minimum Gasteiger partial charge on any atom is -0.486 e. The SMILES string of the molecule is O=C(CCc1ccc2c(c1)OCCO2)NCc1ccc(CN2CCOCC2)cc1. The molecule has 2 aliphatic heterocycles. The standard InChI is InChI=1S/C23H28N2O4/c26-23(8-6-18-5-7-21-22(15-18)29-14-13-28-21)24-16-19-1-3-20(4-2-19)17-25-9-11-27-12-10-25/h1-5,7,15H,6,8-14,16-17H2,(H,24,26). The van der Waals surface area contributed by atoms with Crippen LogP contribution >= 0.6 is 0 Å². The molecule has 0 unspecified atom stereocenters. The maximum atomic E-state index is 12.2. The van der Waals surface area contributed by atoms with Gasteiger partial charge in [-0.2, -0.15) is 0 Å². The third kappa shape index (κ3) is 5.71. The number of hydrogen-bond acceptors (Lipinski definition) is 5. The zero-order valence-electron chi connectivity index (χ0n) is 16.7. The van der Waals surface area contributed by atoms with Gasteiger partial charge in [-0.25, -0.2) is 0 Å². The summed E-state index contributed by atoms with van der Waals surface area (Å²) >= 11 is 0. The summed E-state index contributed by atoms with van der Waals surface area (Å²) in [6.45, 7) is 6.27. The molecule has 6 nitrogen and oxygen atoms in total. The number of benzene rings is 2. The summed E-state index contributed by atoms with van der Waals surface area (Å²) in [5.41, 5.74) is 3.49. The first-order valence-electron chi connectivity index (χ1n) is 10.3. The van der Waals surface area contributed by atoms with Crippen LogP contribution < -0.4 is 14.8 Å². The molecular formula is C23H28N2O4. The Bertz CT molecular complexity index is 816. The molecule has 2 aromatic rings. The van der Waals surface area contributed by atoms with Crippen molar-refractivity contribution in [3.8, 4) is 11.5 Å². The van der Waals surface area contributed by atoms with Gasteiger partial charge in [-0.3, -0.25) is 9.69 Å². The van der Waals surface area contributed by atoms with E-state index >= 15 is 0 Å². The average molecular weight is 396 g/mol. The summed E-state index contributed by atoms with van der Waals surface area (Å²) in [6.07, 6.45) is 1.13. The molecule has 154 valence electrons. The van der Waals surface area contributed by atoms with Crippen molar-refractivity contribution in [2.45, 2.75) is 25.9 Å². The molecule has 0 radical (unpaired) electrons. The van der Waals surface area contributed by atoms with E-state index in [4.69, 9.17) is 14.2 Å². The zero-order chi connectivity index (χ0) is 19.9. The van der Waals surface area contributed by atoms with Crippen LogP contribution in [0.5, 0.6) is 11.5 Å². The van der Waals surface area contributed by atoms with Gasteiger partial charge in [0.2, 0.25) is 5.91 Å². The molecular weight excluding hydrogens is 368 g/mol. The molecule has 0 aromatic heterocycles. The van der Waals surface area contributed by atoms with Gasteiger partial charge in [0.25, 0.3) is 0 Å². The van der Waals surface area contributed by atoms with Crippen molar-refractivity contribution < 1.29 is 19.0 Å². The molecule has 1 amide bonds. The second-order valence-corrected chi connectivity index (χ2v) is 7.46. The lowest BCUT2D eigenvalue weighted by atomic mass is 10.1. The maximum absolute atomic E-state index is 12.2. The van der Waals surface area contributed by atoms with E-state index in [0.717, 1.165) is 55.5 Å². The van der Waals surface area contributed by atoms with Crippen molar-refractivity contribution in [1.29, 1.82) is 0 Å². The Morgan fingerprint density at radius 3 is 2.34 bits per heavy atom. The van der Waals surface area contributed by atoms with Crippen LogP contribution in [0.1, 0.15) is 23.1 Å². The fraction of sp³-hybridized carbons (Fsp3) is 0.435. The quantitative estimate of drug-likeness (QED) is 0.779. The molecule has 2 heterocycles. The van der Waals surface area contributed by atoms with Gasteiger partial charge in [0.05, 0.1) is 13.2 Å². The Hall–Kier alpha value is -2.57. The summed E-state index contributed by atoms with van der Waals surface area (Å²) in [5.74, 6) is 1.60. The first-order valence-corrected chi connectivity index (χ1v) is 10.3. The predicted molar refractivity (Wildman–Crippen MR) is 110 cm³/mol. The topological polar surface area (TPSA) is 60.0 Å². The summed E-state index contributed by atoms with van der Waals surface area (Å²) in [6, 6.07) is 14.4. The molecule has 1 fully saturated rings. The molecule has 0 aliphatic carbocycles. The highest BCUT2D eigenvalue weighted by molar-refractivity contribution is 5.76. The number of hydrogen-bond donors (Lipinski definition) is 1. The third-order valence-electron chi connectivity index (χ3n) is 5.27. The van der Waals surface area contributed by atoms with Gasteiger partial charge in [0.15, 0.2) is 11.5 Å². The van der Waals surface area contributed by atoms with E-state index in [-0.39, 0.29) is 5.91 Å². The van der Waals surface area contributed by atoms with Crippen LogP contribution in [0.25, 0.3) is 0 Å². The van der Waals surface area contributed by atoms with Gasteiger partial charge in [0, 0.05) is 32.6 Å². The van der Waals surface area contributed by atoms with E-state index in [1.54, 1.807) is 0 Å². The fourth-order valence-corrected chi connectivity index (χ4v) is 3.57. The van der Waals surface area contributed by atoms with E-state index in [0.29, 0.717) is 32.6 Å². The lowest BCUT2D eigenvalue weighted by Gasteiger charge is -2.26. The lowest BCUT2D eigenvalue weighted by molar-refractivity contribution is -0.121. The maximum Gasteiger partial charge on any atom is 0.220 e. The second kappa shape index (κ2) is 9.76. The molecule has 0 atom stereocenters. The van der Waals surface area contributed by atoms with Crippen molar-refractivity contribution in [2.24, 2.45) is 0 Å². The molecule has 2 aliphatic rings. The highest BCUT2D eigenvalue weighted by Crippen LogP contribution is 2.31. The Morgan fingerprint density at radius 1 is 0.862 bits per heavy atom.